The SMILES string of the molecule is Cc1ccc(C)c2c1C=C[CH]2[Zr][CH]1C(P(C)C)=Cc2ccccc21.c1ccc(CCc2ccccc2)cc1. The normalized spacial score (nSPS) is 16.9. The first-order valence-corrected chi connectivity index (χ1v) is 18.7. The Labute approximate surface area is 242 Å². The van der Waals surface area contributed by atoms with Crippen molar-refractivity contribution in [1.29, 1.82) is 0 Å². The molecule has 2 aliphatic carbocycles. The molecule has 0 bridgehead atoms. The third kappa shape index (κ3) is 6.28. The zero-order valence-electron chi connectivity index (χ0n) is 23.0. The first kappa shape index (κ1) is 27.2. The van der Waals surface area contributed by atoms with Crippen molar-refractivity contribution >= 4 is 20.1 Å². The zero-order valence-corrected chi connectivity index (χ0v) is 26.3. The smallest absolute Gasteiger partial charge is 0.0238 e. The van der Waals surface area contributed by atoms with Gasteiger partial charge in [0.25, 0.3) is 0 Å². The van der Waals surface area contributed by atoms with Crippen LogP contribution in [0.5, 0.6) is 0 Å². The topological polar surface area (TPSA) is 0 Å². The van der Waals surface area contributed by atoms with E-state index in [-0.39, 0.29) is 7.92 Å². The number of allylic oxidation sites excluding steroid dienone is 2. The molecule has 2 atom stereocenters. The Hall–Kier alpha value is -2.33. The monoisotopic (exact) mass is 590 g/mol. The van der Waals surface area contributed by atoms with Gasteiger partial charge in [-0.05, 0) is 24.0 Å². The first-order valence-electron chi connectivity index (χ1n) is 13.6. The number of hydrogen-bond acceptors (Lipinski definition) is 0. The third-order valence-corrected chi connectivity index (χ3v) is 14.1. The summed E-state index contributed by atoms with van der Waals surface area (Å²) in [4.78, 5) is 0. The van der Waals surface area contributed by atoms with Crippen molar-refractivity contribution < 1.29 is 23.2 Å². The molecule has 0 radical (unpaired) electrons. The van der Waals surface area contributed by atoms with Crippen molar-refractivity contribution in [2.75, 3.05) is 13.3 Å². The molecule has 0 amide bonds. The van der Waals surface area contributed by atoms with Gasteiger partial charge in [-0.25, -0.2) is 0 Å². The summed E-state index contributed by atoms with van der Waals surface area (Å²) in [6.45, 7) is 9.40. The Balaban J connectivity index is 0.000000179. The number of aryl methyl sites for hydroxylation is 4. The summed E-state index contributed by atoms with van der Waals surface area (Å²) in [5.41, 5.74) is 12.0. The predicted octanol–water partition coefficient (Wildman–Crippen LogP) is 9.76. The molecule has 0 heterocycles. The zero-order chi connectivity index (χ0) is 26.5. The maximum absolute atomic E-state index is 2.52. The molecule has 190 valence electrons. The Morgan fingerprint density at radius 3 is 1.89 bits per heavy atom. The maximum Gasteiger partial charge on any atom is -0.0238 e. The van der Waals surface area contributed by atoms with Crippen LogP contribution in [0.3, 0.4) is 0 Å². The molecule has 0 N–H and O–H groups in total. The van der Waals surface area contributed by atoms with E-state index < -0.39 is 23.2 Å². The van der Waals surface area contributed by atoms with Gasteiger partial charge < -0.3 is 0 Å². The molecular weight excluding hydrogens is 555 g/mol. The van der Waals surface area contributed by atoms with Crippen molar-refractivity contribution in [2.45, 2.75) is 33.9 Å². The molecule has 0 saturated heterocycles. The number of rotatable bonds is 6. The van der Waals surface area contributed by atoms with E-state index in [1.807, 2.05) is 0 Å². The molecule has 0 aromatic heterocycles. The fourth-order valence-electron chi connectivity index (χ4n) is 5.54. The van der Waals surface area contributed by atoms with Crippen LogP contribution in [0, 0.1) is 13.8 Å². The molecule has 0 saturated carbocycles. The molecule has 2 unspecified atom stereocenters. The van der Waals surface area contributed by atoms with Crippen LogP contribution in [0.15, 0.2) is 108 Å². The molecule has 0 aliphatic heterocycles. The quantitative estimate of drug-likeness (QED) is 0.196. The molecule has 0 nitrogen and oxygen atoms in total. The molecule has 6 rings (SSSR count). The number of fused-ring (bicyclic) bond motifs is 2. The van der Waals surface area contributed by atoms with E-state index in [2.05, 4.69) is 142 Å². The fourth-order valence-corrected chi connectivity index (χ4v) is 13.4. The molecule has 2 aliphatic rings. The van der Waals surface area contributed by atoms with E-state index in [4.69, 9.17) is 0 Å². The Morgan fingerprint density at radius 2 is 1.26 bits per heavy atom. The van der Waals surface area contributed by atoms with E-state index in [0.717, 1.165) is 20.1 Å². The fraction of sp³-hybridized carbons (Fsp3) is 0.222. The maximum atomic E-state index is 2.52. The average molecular weight is 592 g/mol. The standard InChI is InChI=1S/C14H14.C11H12P.C11H11.Zr/c1-3-7-13(8-4-1)11-12-14-9-5-2-6-10-14;1-12(2)11-7-9-5-3-4-6-10(9)8-11;1-8-6-7-9(2)11-5-3-4-10(8)11;/h1-10H,11-12H2;3-8H,1-2H3;3-7H,1-2H3;. The van der Waals surface area contributed by atoms with Crippen molar-refractivity contribution in [2.24, 2.45) is 0 Å². The van der Waals surface area contributed by atoms with Crippen molar-refractivity contribution in [3.05, 3.63) is 153 Å². The van der Waals surface area contributed by atoms with E-state index >= 15 is 0 Å². The average Bonchev–Trinajstić information content (AvgIpc) is 3.54. The van der Waals surface area contributed by atoms with Crippen LogP contribution < -0.4 is 0 Å². The molecular formula is C36H37PZr. The van der Waals surface area contributed by atoms with Crippen LogP contribution in [0.4, 0.5) is 0 Å². The van der Waals surface area contributed by atoms with Crippen LogP contribution in [-0.4, -0.2) is 13.3 Å². The summed E-state index contributed by atoms with van der Waals surface area (Å²) in [5.74, 6) is 0. The second-order valence-electron chi connectivity index (χ2n) is 10.5. The van der Waals surface area contributed by atoms with Crippen molar-refractivity contribution in [3.8, 4) is 0 Å². The Kier molecular flexibility index (Phi) is 9.10. The molecule has 38 heavy (non-hydrogen) atoms. The summed E-state index contributed by atoms with van der Waals surface area (Å²) in [6, 6.07) is 34.9. The van der Waals surface area contributed by atoms with Gasteiger partial charge in [0, 0.05) is 0 Å². The number of hydrogen-bond donors (Lipinski definition) is 0. The van der Waals surface area contributed by atoms with Crippen LogP contribution in [-0.2, 0) is 36.1 Å². The minimum atomic E-state index is -0.661. The van der Waals surface area contributed by atoms with E-state index in [0.29, 0.717) is 0 Å². The summed E-state index contributed by atoms with van der Waals surface area (Å²) in [7, 11) is -0.00913. The van der Waals surface area contributed by atoms with Gasteiger partial charge in [0.2, 0.25) is 0 Å². The van der Waals surface area contributed by atoms with Gasteiger partial charge in [0.05, 0.1) is 0 Å². The van der Waals surface area contributed by atoms with Crippen molar-refractivity contribution in [3.63, 3.8) is 0 Å². The van der Waals surface area contributed by atoms with Gasteiger partial charge in [-0.15, -0.1) is 0 Å². The third-order valence-electron chi connectivity index (χ3n) is 7.65. The largest absolute Gasteiger partial charge is 0.0622 e. The van der Waals surface area contributed by atoms with Gasteiger partial charge in [-0.2, -0.15) is 0 Å². The van der Waals surface area contributed by atoms with Crippen LogP contribution >= 0.6 is 7.92 Å². The molecule has 4 aromatic carbocycles. The van der Waals surface area contributed by atoms with Crippen LogP contribution in [0.1, 0.15) is 51.8 Å². The predicted molar refractivity (Wildman–Crippen MR) is 164 cm³/mol. The minimum absolute atomic E-state index is 0.00913. The first-order chi connectivity index (χ1) is 18.5. The van der Waals surface area contributed by atoms with Crippen molar-refractivity contribution in [1.82, 2.24) is 0 Å². The minimum Gasteiger partial charge on any atom is -0.0622 e. The molecule has 4 aromatic rings. The molecule has 0 fully saturated rings. The van der Waals surface area contributed by atoms with Gasteiger partial charge in [-0.1, -0.05) is 60.7 Å². The van der Waals surface area contributed by atoms with Gasteiger partial charge in [0.1, 0.15) is 0 Å². The van der Waals surface area contributed by atoms with E-state index in [1.54, 1.807) is 16.4 Å². The second kappa shape index (κ2) is 12.7. The number of benzene rings is 4. The second-order valence-corrected chi connectivity index (χ2v) is 16.6. The molecule has 0 spiro atoms. The van der Waals surface area contributed by atoms with Gasteiger partial charge in [-0.3, -0.25) is 0 Å². The van der Waals surface area contributed by atoms with Gasteiger partial charge in [0.15, 0.2) is 0 Å². The Bertz CT molecular complexity index is 1390. The van der Waals surface area contributed by atoms with E-state index in [1.165, 1.54) is 33.4 Å². The summed E-state index contributed by atoms with van der Waals surface area (Å²) >= 11 is -0.661. The summed E-state index contributed by atoms with van der Waals surface area (Å²) < 4.78 is 1.48. The van der Waals surface area contributed by atoms with Crippen LogP contribution in [0.25, 0.3) is 12.2 Å². The Morgan fingerprint density at radius 1 is 0.684 bits per heavy atom. The van der Waals surface area contributed by atoms with Crippen LogP contribution in [0.2, 0.25) is 0 Å². The summed E-state index contributed by atoms with van der Waals surface area (Å²) in [5, 5.41) is 1.74. The van der Waals surface area contributed by atoms with Gasteiger partial charge >= 0.3 is 159 Å². The van der Waals surface area contributed by atoms with E-state index in [9.17, 15) is 0 Å². The summed E-state index contributed by atoms with van der Waals surface area (Å²) in [6.07, 6.45) is 9.68. The molecule has 2 heteroatoms.